The summed E-state index contributed by atoms with van der Waals surface area (Å²) in [6, 6.07) is 18.7. The number of hydrogen-bond acceptors (Lipinski definition) is 4. The molecule has 0 aliphatic rings. The van der Waals surface area contributed by atoms with Gasteiger partial charge in [-0.25, -0.2) is 0 Å². The molecular formula is C22H22N4O2. The van der Waals surface area contributed by atoms with Crippen LogP contribution in [0, 0.1) is 6.92 Å². The zero-order valence-electron chi connectivity index (χ0n) is 15.8. The Morgan fingerprint density at radius 3 is 2.14 bits per heavy atom. The smallest absolute Gasteiger partial charge is 0.274 e. The summed E-state index contributed by atoms with van der Waals surface area (Å²) in [5.41, 5.74) is 4.82. The van der Waals surface area contributed by atoms with Gasteiger partial charge in [0.1, 0.15) is 5.69 Å². The van der Waals surface area contributed by atoms with Crippen LogP contribution in [0.2, 0.25) is 0 Å². The van der Waals surface area contributed by atoms with Gasteiger partial charge in [0, 0.05) is 36.7 Å². The topological polar surface area (TPSA) is 83.1 Å². The van der Waals surface area contributed by atoms with Crippen molar-refractivity contribution in [2.75, 3.05) is 16.0 Å². The predicted octanol–water partition coefficient (Wildman–Crippen LogP) is 4.21. The van der Waals surface area contributed by atoms with Crippen molar-refractivity contribution in [2.45, 2.75) is 20.4 Å². The molecule has 0 radical (unpaired) electrons. The molecule has 3 aromatic rings. The minimum absolute atomic E-state index is 0.143. The molecule has 2 aromatic carbocycles. The number of benzene rings is 2. The van der Waals surface area contributed by atoms with Crippen molar-refractivity contribution in [2.24, 2.45) is 0 Å². The van der Waals surface area contributed by atoms with Crippen LogP contribution in [0.5, 0.6) is 0 Å². The number of hydrogen-bond donors (Lipinski definition) is 3. The predicted molar refractivity (Wildman–Crippen MR) is 111 cm³/mol. The molecule has 0 saturated carbocycles. The van der Waals surface area contributed by atoms with E-state index >= 15 is 0 Å². The lowest BCUT2D eigenvalue weighted by molar-refractivity contribution is -0.114. The molecule has 0 bridgehead atoms. The maximum Gasteiger partial charge on any atom is 0.274 e. The van der Waals surface area contributed by atoms with Gasteiger partial charge in [-0.05, 0) is 48.9 Å². The Morgan fingerprint density at radius 2 is 1.50 bits per heavy atom. The van der Waals surface area contributed by atoms with E-state index in [0.29, 0.717) is 23.6 Å². The van der Waals surface area contributed by atoms with Crippen LogP contribution in [0.15, 0.2) is 66.9 Å². The third-order valence-electron chi connectivity index (χ3n) is 4.07. The molecule has 3 N–H and O–H groups in total. The van der Waals surface area contributed by atoms with E-state index in [1.807, 2.05) is 6.07 Å². The lowest BCUT2D eigenvalue weighted by atomic mass is 10.1. The van der Waals surface area contributed by atoms with Gasteiger partial charge in [0.2, 0.25) is 5.91 Å². The number of aryl methyl sites for hydroxylation is 1. The number of rotatable bonds is 6. The molecule has 0 aliphatic heterocycles. The Morgan fingerprint density at radius 1 is 0.857 bits per heavy atom. The molecule has 0 saturated heterocycles. The van der Waals surface area contributed by atoms with Crippen LogP contribution in [0.1, 0.15) is 28.5 Å². The van der Waals surface area contributed by atoms with Gasteiger partial charge in [-0.2, -0.15) is 0 Å². The molecule has 0 aliphatic carbocycles. The Hall–Kier alpha value is -3.67. The van der Waals surface area contributed by atoms with E-state index in [1.165, 1.54) is 12.5 Å². The summed E-state index contributed by atoms with van der Waals surface area (Å²) >= 11 is 0. The molecule has 28 heavy (non-hydrogen) atoms. The van der Waals surface area contributed by atoms with Crippen LogP contribution in [-0.4, -0.2) is 16.8 Å². The van der Waals surface area contributed by atoms with Gasteiger partial charge in [-0.15, -0.1) is 0 Å². The van der Waals surface area contributed by atoms with Gasteiger partial charge in [0.15, 0.2) is 0 Å². The fourth-order valence-corrected chi connectivity index (χ4v) is 2.61. The van der Waals surface area contributed by atoms with Crippen molar-refractivity contribution in [1.82, 2.24) is 4.98 Å². The number of nitrogens with one attached hydrogen (secondary N) is 3. The van der Waals surface area contributed by atoms with Gasteiger partial charge < -0.3 is 16.0 Å². The fraction of sp³-hybridized carbons (Fsp3) is 0.136. The highest BCUT2D eigenvalue weighted by Crippen LogP contribution is 2.16. The van der Waals surface area contributed by atoms with Crippen LogP contribution < -0.4 is 16.0 Å². The SMILES string of the molecule is CC(=O)Nc1ccc(NC(=O)c2cc(NCc3ccc(C)cc3)ccn2)cc1. The second-order valence-electron chi connectivity index (χ2n) is 6.48. The van der Waals surface area contributed by atoms with E-state index in [9.17, 15) is 9.59 Å². The van der Waals surface area contributed by atoms with Crippen molar-refractivity contribution in [1.29, 1.82) is 0 Å². The van der Waals surface area contributed by atoms with Gasteiger partial charge in [-0.1, -0.05) is 29.8 Å². The van der Waals surface area contributed by atoms with Gasteiger partial charge >= 0.3 is 0 Å². The number of amides is 2. The summed E-state index contributed by atoms with van der Waals surface area (Å²) in [6.45, 7) is 4.16. The standard InChI is InChI=1S/C22H22N4O2/c1-15-3-5-17(6-4-15)14-24-20-11-12-23-21(13-20)22(28)26-19-9-7-18(8-10-19)25-16(2)27/h3-13H,14H2,1-2H3,(H,23,24)(H,25,27)(H,26,28). The monoisotopic (exact) mass is 374 g/mol. The first-order chi connectivity index (χ1) is 13.5. The Bertz CT molecular complexity index is 967. The van der Waals surface area contributed by atoms with E-state index in [0.717, 1.165) is 11.3 Å². The fourth-order valence-electron chi connectivity index (χ4n) is 2.61. The third-order valence-corrected chi connectivity index (χ3v) is 4.07. The highest BCUT2D eigenvalue weighted by Gasteiger charge is 2.09. The van der Waals surface area contributed by atoms with Crippen LogP contribution in [0.25, 0.3) is 0 Å². The normalized spacial score (nSPS) is 10.2. The average molecular weight is 374 g/mol. The molecule has 2 amide bonds. The minimum Gasteiger partial charge on any atom is -0.381 e. The lowest BCUT2D eigenvalue weighted by Gasteiger charge is -2.09. The van der Waals surface area contributed by atoms with Crippen LogP contribution >= 0.6 is 0 Å². The van der Waals surface area contributed by atoms with Crippen LogP contribution in [-0.2, 0) is 11.3 Å². The van der Waals surface area contributed by atoms with Crippen molar-refractivity contribution in [3.63, 3.8) is 0 Å². The summed E-state index contributed by atoms with van der Waals surface area (Å²) in [4.78, 5) is 27.7. The zero-order chi connectivity index (χ0) is 19.9. The molecule has 0 atom stereocenters. The summed E-state index contributed by atoms with van der Waals surface area (Å²) in [5.74, 6) is -0.442. The van der Waals surface area contributed by atoms with Gasteiger partial charge in [0.25, 0.3) is 5.91 Å². The molecule has 6 nitrogen and oxygen atoms in total. The first-order valence-corrected chi connectivity index (χ1v) is 8.94. The minimum atomic E-state index is -0.300. The molecule has 0 spiro atoms. The molecular weight excluding hydrogens is 352 g/mol. The molecule has 0 unspecified atom stereocenters. The highest BCUT2D eigenvalue weighted by atomic mass is 16.2. The molecule has 142 valence electrons. The second kappa shape index (κ2) is 8.81. The molecule has 6 heteroatoms. The van der Waals surface area contributed by atoms with E-state index in [2.05, 4.69) is 52.1 Å². The van der Waals surface area contributed by atoms with E-state index in [-0.39, 0.29) is 11.8 Å². The van der Waals surface area contributed by atoms with Gasteiger partial charge in [-0.3, -0.25) is 14.6 Å². The van der Waals surface area contributed by atoms with Crippen molar-refractivity contribution >= 4 is 28.9 Å². The quantitative estimate of drug-likeness (QED) is 0.603. The third kappa shape index (κ3) is 5.41. The Balaban J connectivity index is 1.61. The molecule has 1 heterocycles. The second-order valence-corrected chi connectivity index (χ2v) is 6.48. The molecule has 0 fully saturated rings. The van der Waals surface area contributed by atoms with E-state index < -0.39 is 0 Å². The Labute approximate surface area is 164 Å². The summed E-state index contributed by atoms with van der Waals surface area (Å²) in [6.07, 6.45) is 1.60. The van der Waals surface area contributed by atoms with E-state index in [4.69, 9.17) is 0 Å². The first kappa shape index (κ1) is 19.1. The Kier molecular flexibility index (Phi) is 6.01. The molecule has 3 rings (SSSR count). The van der Waals surface area contributed by atoms with Crippen LogP contribution in [0.4, 0.5) is 17.1 Å². The number of anilines is 3. The maximum atomic E-state index is 12.5. The highest BCUT2D eigenvalue weighted by molar-refractivity contribution is 6.03. The van der Waals surface area contributed by atoms with Gasteiger partial charge in [0.05, 0.1) is 0 Å². The average Bonchev–Trinajstić information content (AvgIpc) is 2.69. The van der Waals surface area contributed by atoms with Crippen molar-refractivity contribution < 1.29 is 9.59 Å². The number of nitrogens with zero attached hydrogens (tertiary/aromatic N) is 1. The van der Waals surface area contributed by atoms with Crippen molar-refractivity contribution in [3.05, 3.63) is 83.7 Å². The van der Waals surface area contributed by atoms with Crippen LogP contribution in [0.3, 0.4) is 0 Å². The molecule has 1 aromatic heterocycles. The number of carbonyl (C=O) groups excluding carboxylic acids is 2. The number of aromatic nitrogens is 1. The number of pyridine rings is 1. The first-order valence-electron chi connectivity index (χ1n) is 8.94. The van der Waals surface area contributed by atoms with Crippen molar-refractivity contribution in [3.8, 4) is 0 Å². The lowest BCUT2D eigenvalue weighted by Crippen LogP contribution is -2.14. The number of carbonyl (C=O) groups is 2. The maximum absolute atomic E-state index is 12.5. The zero-order valence-corrected chi connectivity index (χ0v) is 15.8. The van der Waals surface area contributed by atoms with E-state index in [1.54, 1.807) is 36.5 Å². The summed E-state index contributed by atoms with van der Waals surface area (Å²) in [7, 11) is 0. The summed E-state index contributed by atoms with van der Waals surface area (Å²) < 4.78 is 0. The summed E-state index contributed by atoms with van der Waals surface area (Å²) in [5, 5.41) is 8.79. The largest absolute Gasteiger partial charge is 0.381 e.